The summed E-state index contributed by atoms with van der Waals surface area (Å²) in [6, 6.07) is 18.1. The molecule has 29 heavy (non-hydrogen) atoms. The number of anilines is 1. The minimum absolute atomic E-state index is 0.0446. The number of hydrogen-bond donors (Lipinski definition) is 1. The van der Waals surface area contributed by atoms with Crippen molar-refractivity contribution in [1.29, 1.82) is 0 Å². The van der Waals surface area contributed by atoms with Gasteiger partial charge < -0.3 is 10.2 Å². The largest absolute Gasteiger partial charge is 0.326 e. The molecule has 2 heterocycles. The highest BCUT2D eigenvalue weighted by molar-refractivity contribution is 7.13. The predicted octanol–water partition coefficient (Wildman–Crippen LogP) is 3.74. The van der Waals surface area contributed by atoms with E-state index in [-0.39, 0.29) is 12.3 Å². The molecule has 0 radical (unpaired) electrons. The lowest BCUT2D eigenvalue weighted by molar-refractivity contribution is -0.115. The smallest absolute Gasteiger partial charge is 0.230 e. The minimum Gasteiger partial charge on any atom is -0.326 e. The van der Waals surface area contributed by atoms with Crippen molar-refractivity contribution in [2.75, 3.05) is 38.5 Å². The monoisotopic (exact) mass is 406 g/mol. The molecule has 2 aromatic carbocycles. The van der Waals surface area contributed by atoms with Crippen LogP contribution in [0.4, 0.5) is 5.69 Å². The molecule has 150 valence electrons. The first-order chi connectivity index (χ1) is 14.2. The van der Waals surface area contributed by atoms with Crippen LogP contribution in [0.1, 0.15) is 11.3 Å². The molecule has 1 amide bonds. The van der Waals surface area contributed by atoms with Crippen molar-refractivity contribution < 1.29 is 4.79 Å². The van der Waals surface area contributed by atoms with Crippen LogP contribution >= 0.6 is 11.3 Å². The predicted molar refractivity (Wildman–Crippen MR) is 119 cm³/mol. The number of nitrogens with zero attached hydrogens (tertiary/aromatic N) is 3. The van der Waals surface area contributed by atoms with Crippen molar-refractivity contribution >= 4 is 22.9 Å². The Hall–Kier alpha value is -2.54. The average Bonchev–Trinajstić information content (AvgIpc) is 3.19. The highest BCUT2D eigenvalue weighted by Gasteiger charge is 2.15. The molecule has 0 unspecified atom stereocenters. The van der Waals surface area contributed by atoms with Crippen molar-refractivity contribution in [3.63, 3.8) is 0 Å². The highest BCUT2D eigenvalue weighted by Crippen LogP contribution is 2.25. The van der Waals surface area contributed by atoms with Crippen molar-refractivity contribution in [2.24, 2.45) is 0 Å². The van der Waals surface area contributed by atoms with Gasteiger partial charge in [0.1, 0.15) is 5.01 Å². The van der Waals surface area contributed by atoms with E-state index in [2.05, 4.69) is 46.4 Å². The molecule has 0 spiro atoms. The van der Waals surface area contributed by atoms with Gasteiger partial charge in [0.25, 0.3) is 0 Å². The van der Waals surface area contributed by atoms with E-state index in [9.17, 15) is 4.79 Å². The molecule has 6 heteroatoms. The van der Waals surface area contributed by atoms with Gasteiger partial charge in [0.2, 0.25) is 5.91 Å². The van der Waals surface area contributed by atoms with Gasteiger partial charge in [0.15, 0.2) is 0 Å². The van der Waals surface area contributed by atoms with Crippen molar-refractivity contribution in [3.8, 4) is 10.6 Å². The number of para-hydroxylation sites is 1. The Morgan fingerprint density at radius 1 is 1.07 bits per heavy atom. The molecular formula is C23H26N4OS. The molecule has 0 bridgehead atoms. The van der Waals surface area contributed by atoms with Crippen LogP contribution in [0.5, 0.6) is 0 Å². The van der Waals surface area contributed by atoms with Gasteiger partial charge >= 0.3 is 0 Å². The fraction of sp³-hybridized carbons (Fsp3) is 0.304. The summed E-state index contributed by atoms with van der Waals surface area (Å²) in [7, 11) is 2.18. The fourth-order valence-electron chi connectivity index (χ4n) is 3.48. The summed E-state index contributed by atoms with van der Waals surface area (Å²) in [6.45, 7) is 5.44. The molecule has 3 aromatic rings. The molecule has 0 saturated carbocycles. The number of hydrogen-bond acceptors (Lipinski definition) is 5. The topological polar surface area (TPSA) is 48.5 Å². The summed E-state index contributed by atoms with van der Waals surface area (Å²) in [5.74, 6) is -0.0446. The maximum Gasteiger partial charge on any atom is 0.230 e. The van der Waals surface area contributed by atoms with Crippen LogP contribution in [0.3, 0.4) is 0 Å². The third-order valence-corrected chi connectivity index (χ3v) is 6.07. The van der Waals surface area contributed by atoms with Gasteiger partial charge in [0, 0.05) is 49.4 Å². The molecule has 0 atom stereocenters. The first-order valence-corrected chi connectivity index (χ1v) is 10.8. The minimum atomic E-state index is -0.0446. The van der Waals surface area contributed by atoms with Crippen LogP contribution < -0.4 is 5.32 Å². The molecule has 1 aliphatic rings. The third-order valence-electron chi connectivity index (χ3n) is 5.13. The summed E-state index contributed by atoms with van der Waals surface area (Å²) in [4.78, 5) is 21.8. The van der Waals surface area contributed by atoms with Gasteiger partial charge in [0.05, 0.1) is 12.1 Å². The van der Waals surface area contributed by atoms with Gasteiger partial charge in [-0.1, -0.05) is 36.4 Å². The van der Waals surface area contributed by atoms with E-state index in [0.29, 0.717) is 0 Å². The summed E-state index contributed by atoms with van der Waals surface area (Å²) in [6.07, 6.45) is 0.284. The number of carbonyl (C=O) groups excluding carboxylic acids is 1. The zero-order valence-electron chi connectivity index (χ0n) is 16.7. The van der Waals surface area contributed by atoms with E-state index in [1.165, 1.54) is 5.56 Å². The first kappa shape index (κ1) is 19.8. The number of carbonyl (C=O) groups is 1. The lowest BCUT2D eigenvalue weighted by atomic mass is 10.1. The Morgan fingerprint density at radius 2 is 1.86 bits per heavy atom. The fourth-order valence-corrected chi connectivity index (χ4v) is 4.30. The molecule has 1 N–H and O–H groups in total. The first-order valence-electron chi connectivity index (χ1n) is 9.95. The van der Waals surface area contributed by atoms with Crippen molar-refractivity contribution in [2.45, 2.75) is 13.0 Å². The van der Waals surface area contributed by atoms with Crippen LogP contribution in [0.2, 0.25) is 0 Å². The van der Waals surface area contributed by atoms with E-state index >= 15 is 0 Å². The molecule has 1 fully saturated rings. The Morgan fingerprint density at radius 3 is 2.66 bits per heavy atom. The zero-order valence-corrected chi connectivity index (χ0v) is 17.5. The van der Waals surface area contributed by atoms with Crippen LogP contribution in [-0.2, 0) is 17.8 Å². The second kappa shape index (κ2) is 9.31. The number of thiazole rings is 1. The summed E-state index contributed by atoms with van der Waals surface area (Å²) in [5, 5.41) is 5.86. The lowest BCUT2D eigenvalue weighted by Crippen LogP contribution is -2.43. The maximum absolute atomic E-state index is 12.3. The molecule has 0 aliphatic carbocycles. The van der Waals surface area contributed by atoms with Crippen LogP contribution in [0.15, 0.2) is 60.0 Å². The number of rotatable bonds is 6. The highest BCUT2D eigenvalue weighted by atomic mass is 32.1. The third kappa shape index (κ3) is 5.50. The SMILES string of the molecule is CN1CCN(Cc2cccc(-c3nc(CC(=O)Nc4ccccc4)cs3)c2)CC1. The van der Waals surface area contributed by atoms with Crippen molar-refractivity contribution in [1.82, 2.24) is 14.8 Å². The van der Waals surface area contributed by atoms with Gasteiger partial charge in [-0.15, -0.1) is 11.3 Å². The Labute approximate surface area is 176 Å². The van der Waals surface area contributed by atoms with E-state index in [1.54, 1.807) is 11.3 Å². The van der Waals surface area contributed by atoms with E-state index in [4.69, 9.17) is 4.98 Å². The second-order valence-corrected chi connectivity index (χ2v) is 8.37. The zero-order chi connectivity index (χ0) is 20.1. The normalized spacial score (nSPS) is 15.3. The summed E-state index contributed by atoms with van der Waals surface area (Å²) >= 11 is 1.59. The quantitative estimate of drug-likeness (QED) is 0.678. The standard InChI is InChI=1S/C23H26N4OS/c1-26-10-12-27(13-11-26)16-18-6-5-7-19(14-18)23-25-21(17-29-23)15-22(28)24-20-8-3-2-4-9-20/h2-9,14,17H,10-13,15-16H2,1H3,(H,24,28). The van der Waals surface area contributed by atoms with Gasteiger partial charge in [-0.3, -0.25) is 9.69 Å². The van der Waals surface area contributed by atoms with Gasteiger partial charge in [-0.25, -0.2) is 4.98 Å². The number of likely N-dealkylation sites (N-methyl/N-ethyl adjacent to an activating group) is 1. The van der Waals surface area contributed by atoms with Gasteiger partial charge in [-0.2, -0.15) is 0 Å². The van der Waals surface area contributed by atoms with Gasteiger partial charge in [-0.05, 0) is 30.8 Å². The van der Waals surface area contributed by atoms with E-state index in [1.807, 2.05) is 35.7 Å². The number of amides is 1. The van der Waals surface area contributed by atoms with Crippen LogP contribution in [0.25, 0.3) is 10.6 Å². The number of aromatic nitrogens is 1. The molecular weight excluding hydrogens is 380 g/mol. The molecule has 1 aromatic heterocycles. The van der Waals surface area contributed by atoms with Crippen molar-refractivity contribution in [3.05, 3.63) is 71.2 Å². The number of piperazine rings is 1. The molecule has 4 rings (SSSR count). The van der Waals surface area contributed by atoms with Crippen LogP contribution in [0, 0.1) is 0 Å². The molecule has 1 saturated heterocycles. The second-order valence-electron chi connectivity index (χ2n) is 7.51. The lowest BCUT2D eigenvalue weighted by Gasteiger charge is -2.32. The Kier molecular flexibility index (Phi) is 6.34. The Bertz CT molecular complexity index is 948. The average molecular weight is 407 g/mol. The summed E-state index contributed by atoms with van der Waals surface area (Å²) < 4.78 is 0. The Balaban J connectivity index is 1.38. The maximum atomic E-state index is 12.3. The number of nitrogens with one attached hydrogen (secondary N) is 1. The number of benzene rings is 2. The van der Waals surface area contributed by atoms with E-state index in [0.717, 1.165) is 54.7 Å². The molecule has 1 aliphatic heterocycles. The van der Waals surface area contributed by atoms with Crippen LogP contribution in [-0.4, -0.2) is 53.9 Å². The molecule has 5 nitrogen and oxygen atoms in total. The van der Waals surface area contributed by atoms with E-state index < -0.39 is 0 Å². The summed E-state index contributed by atoms with van der Waals surface area (Å²) in [5.41, 5.74) is 4.05.